The first-order chi connectivity index (χ1) is 8.52. The minimum atomic E-state index is -0.129. The highest BCUT2D eigenvalue weighted by Crippen LogP contribution is 2.13. The Labute approximate surface area is 110 Å². The molecule has 0 atom stereocenters. The molecule has 0 heterocycles. The van der Waals surface area contributed by atoms with Crippen LogP contribution in [0, 0.1) is 11.3 Å². The first-order valence-electron chi connectivity index (χ1n) is 5.07. The molecule has 0 aliphatic heterocycles. The number of nitrogens with two attached hydrogens (primary N) is 1. The van der Waals surface area contributed by atoms with Gasteiger partial charge in [-0.05, 0) is 24.3 Å². The molecular weight excluding hydrogens is 248 g/mol. The van der Waals surface area contributed by atoms with Gasteiger partial charge in [-0.15, -0.1) is 0 Å². The van der Waals surface area contributed by atoms with E-state index in [0.29, 0.717) is 5.69 Å². The molecule has 0 aromatic heterocycles. The number of amides is 1. The van der Waals surface area contributed by atoms with E-state index in [4.69, 9.17) is 23.2 Å². The standard InChI is InChI=1S/C12H12N4OS/c1-8(17)16-11-4-2-10(3-5-11)15-7-9(6-13)12(14)18/h2-5,7,15H,1H3,(H2,14,18)(H,16,17)/b9-7-. The van der Waals surface area contributed by atoms with Gasteiger partial charge in [0.05, 0.1) is 0 Å². The van der Waals surface area contributed by atoms with Gasteiger partial charge in [0.25, 0.3) is 0 Å². The van der Waals surface area contributed by atoms with Gasteiger partial charge in [0, 0.05) is 24.5 Å². The Bertz CT molecular complexity index is 528. The maximum Gasteiger partial charge on any atom is 0.221 e. The van der Waals surface area contributed by atoms with Crippen LogP contribution in [0.4, 0.5) is 11.4 Å². The number of nitrogens with one attached hydrogen (secondary N) is 2. The normalized spacial score (nSPS) is 10.3. The van der Waals surface area contributed by atoms with Crippen molar-refractivity contribution >= 4 is 34.5 Å². The second kappa shape index (κ2) is 6.37. The lowest BCUT2D eigenvalue weighted by molar-refractivity contribution is -0.114. The third-order valence-corrected chi connectivity index (χ3v) is 2.19. The Hall–Kier alpha value is -2.39. The summed E-state index contributed by atoms with van der Waals surface area (Å²) in [7, 11) is 0. The van der Waals surface area contributed by atoms with E-state index in [1.54, 1.807) is 24.3 Å². The Balaban J connectivity index is 2.73. The van der Waals surface area contributed by atoms with Crippen molar-refractivity contribution in [1.29, 1.82) is 5.26 Å². The number of benzene rings is 1. The van der Waals surface area contributed by atoms with Crippen LogP contribution < -0.4 is 16.4 Å². The number of anilines is 2. The summed E-state index contributed by atoms with van der Waals surface area (Å²) in [6.45, 7) is 1.44. The topological polar surface area (TPSA) is 90.9 Å². The van der Waals surface area contributed by atoms with Gasteiger partial charge in [-0.2, -0.15) is 5.26 Å². The summed E-state index contributed by atoms with van der Waals surface area (Å²) >= 11 is 4.70. The average Bonchev–Trinajstić information content (AvgIpc) is 2.31. The van der Waals surface area contributed by atoms with Gasteiger partial charge in [-0.1, -0.05) is 12.2 Å². The van der Waals surface area contributed by atoms with Crippen molar-refractivity contribution in [3.63, 3.8) is 0 Å². The predicted molar refractivity (Wildman–Crippen MR) is 74.8 cm³/mol. The van der Waals surface area contributed by atoms with Crippen molar-refractivity contribution in [3.05, 3.63) is 36.0 Å². The lowest BCUT2D eigenvalue weighted by Gasteiger charge is -2.04. The van der Waals surface area contributed by atoms with Crippen LogP contribution in [-0.4, -0.2) is 10.9 Å². The molecule has 0 saturated heterocycles. The van der Waals surface area contributed by atoms with Crippen molar-refractivity contribution in [2.45, 2.75) is 6.92 Å². The minimum Gasteiger partial charge on any atom is -0.389 e. The summed E-state index contributed by atoms with van der Waals surface area (Å²) in [4.78, 5) is 10.9. The third-order valence-electron chi connectivity index (χ3n) is 1.97. The molecule has 0 bridgehead atoms. The number of nitrogens with zero attached hydrogens (tertiary/aromatic N) is 1. The molecule has 1 aromatic rings. The van der Waals surface area contributed by atoms with Gasteiger partial charge in [0.1, 0.15) is 16.6 Å². The van der Waals surface area contributed by atoms with Crippen molar-refractivity contribution in [1.82, 2.24) is 0 Å². The summed E-state index contributed by atoms with van der Waals surface area (Å²) in [5.41, 5.74) is 7.01. The molecule has 1 aromatic carbocycles. The summed E-state index contributed by atoms with van der Waals surface area (Å²) in [6, 6.07) is 8.89. The molecule has 0 aliphatic rings. The highest BCUT2D eigenvalue weighted by molar-refractivity contribution is 7.80. The van der Waals surface area contributed by atoms with Crippen molar-refractivity contribution in [3.8, 4) is 6.07 Å². The molecule has 18 heavy (non-hydrogen) atoms. The maximum absolute atomic E-state index is 10.8. The van der Waals surface area contributed by atoms with E-state index < -0.39 is 0 Å². The smallest absolute Gasteiger partial charge is 0.221 e. The Morgan fingerprint density at radius 1 is 1.39 bits per heavy atom. The molecule has 0 aliphatic carbocycles. The number of nitriles is 1. The second-order valence-electron chi connectivity index (χ2n) is 3.44. The van der Waals surface area contributed by atoms with E-state index in [1.165, 1.54) is 13.1 Å². The molecule has 92 valence electrons. The number of carbonyl (C=O) groups excluding carboxylic acids is 1. The zero-order chi connectivity index (χ0) is 13.5. The number of thiocarbonyl (C=S) groups is 1. The van der Waals surface area contributed by atoms with E-state index in [1.807, 2.05) is 6.07 Å². The van der Waals surface area contributed by atoms with E-state index >= 15 is 0 Å². The van der Waals surface area contributed by atoms with E-state index in [0.717, 1.165) is 5.69 Å². The Morgan fingerprint density at radius 2 is 1.94 bits per heavy atom. The molecule has 4 N–H and O–H groups in total. The van der Waals surface area contributed by atoms with Crippen LogP contribution in [-0.2, 0) is 4.79 Å². The molecule has 0 fully saturated rings. The van der Waals surface area contributed by atoms with Gasteiger partial charge in [-0.25, -0.2) is 0 Å². The number of rotatable bonds is 4. The van der Waals surface area contributed by atoms with Gasteiger partial charge in [-0.3, -0.25) is 4.79 Å². The largest absolute Gasteiger partial charge is 0.389 e. The number of carbonyl (C=O) groups is 1. The number of hydrogen-bond donors (Lipinski definition) is 3. The summed E-state index contributed by atoms with van der Waals surface area (Å²) in [5, 5.41) is 14.3. The van der Waals surface area contributed by atoms with Crippen molar-refractivity contribution in [2.75, 3.05) is 10.6 Å². The van der Waals surface area contributed by atoms with Gasteiger partial charge in [0.2, 0.25) is 5.91 Å². The van der Waals surface area contributed by atoms with Crippen LogP contribution in [0.3, 0.4) is 0 Å². The molecule has 1 rings (SSSR count). The lowest BCUT2D eigenvalue weighted by atomic mass is 10.2. The fourth-order valence-corrected chi connectivity index (χ4v) is 1.27. The van der Waals surface area contributed by atoms with E-state index in [-0.39, 0.29) is 16.5 Å². The van der Waals surface area contributed by atoms with E-state index in [2.05, 4.69) is 10.6 Å². The zero-order valence-electron chi connectivity index (χ0n) is 9.73. The maximum atomic E-state index is 10.8. The van der Waals surface area contributed by atoms with Crippen LogP contribution in [0.5, 0.6) is 0 Å². The average molecular weight is 260 g/mol. The van der Waals surface area contributed by atoms with Crippen LogP contribution in [0.25, 0.3) is 0 Å². The number of hydrogen-bond acceptors (Lipinski definition) is 4. The molecule has 0 unspecified atom stereocenters. The molecular formula is C12H12N4OS. The van der Waals surface area contributed by atoms with Crippen molar-refractivity contribution in [2.24, 2.45) is 5.73 Å². The Kier molecular flexibility index (Phi) is 4.84. The van der Waals surface area contributed by atoms with Crippen LogP contribution in [0.2, 0.25) is 0 Å². The molecule has 0 radical (unpaired) electrons. The molecule has 0 saturated carbocycles. The van der Waals surface area contributed by atoms with E-state index in [9.17, 15) is 4.79 Å². The van der Waals surface area contributed by atoms with Crippen molar-refractivity contribution < 1.29 is 4.79 Å². The third kappa shape index (κ3) is 4.23. The predicted octanol–water partition coefficient (Wildman–Crippen LogP) is 1.75. The zero-order valence-corrected chi connectivity index (χ0v) is 10.5. The lowest BCUT2D eigenvalue weighted by Crippen LogP contribution is -2.11. The second-order valence-corrected chi connectivity index (χ2v) is 3.88. The SMILES string of the molecule is CC(=O)Nc1ccc(N/C=C(/C#N)C(N)=S)cc1. The van der Waals surface area contributed by atoms with Gasteiger partial charge >= 0.3 is 0 Å². The first kappa shape index (κ1) is 13.7. The van der Waals surface area contributed by atoms with Gasteiger partial charge in [0.15, 0.2) is 0 Å². The molecule has 0 spiro atoms. The first-order valence-corrected chi connectivity index (χ1v) is 5.48. The summed E-state index contributed by atoms with van der Waals surface area (Å²) in [6.07, 6.45) is 1.44. The molecule has 1 amide bonds. The summed E-state index contributed by atoms with van der Waals surface area (Å²) in [5.74, 6) is -0.129. The minimum absolute atomic E-state index is 0.0415. The monoisotopic (exact) mass is 260 g/mol. The fraction of sp³-hybridized carbons (Fsp3) is 0.0833. The fourth-order valence-electron chi connectivity index (χ4n) is 1.17. The van der Waals surface area contributed by atoms with Crippen LogP contribution >= 0.6 is 12.2 Å². The van der Waals surface area contributed by atoms with Gasteiger partial charge < -0.3 is 16.4 Å². The highest BCUT2D eigenvalue weighted by Gasteiger charge is 1.99. The molecule has 6 heteroatoms. The Morgan fingerprint density at radius 3 is 2.39 bits per heavy atom. The quantitative estimate of drug-likeness (QED) is 0.436. The summed E-state index contributed by atoms with van der Waals surface area (Å²) < 4.78 is 0. The van der Waals surface area contributed by atoms with Crippen LogP contribution in [0.1, 0.15) is 6.92 Å². The van der Waals surface area contributed by atoms with Crippen LogP contribution in [0.15, 0.2) is 36.0 Å². The molecule has 5 nitrogen and oxygen atoms in total. The highest BCUT2D eigenvalue weighted by atomic mass is 32.1.